The van der Waals surface area contributed by atoms with Crippen molar-refractivity contribution < 1.29 is 9.18 Å². The molecule has 0 radical (unpaired) electrons. The van der Waals surface area contributed by atoms with E-state index in [-0.39, 0.29) is 5.91 Å². The van der Waals surface area contributed by atoms with Crippen LogP contribution in [-0.2, 0) is 0 Å². The van der Waals surface area contributed by atoms with Gasteiger partial charge in [0.05, 0.1) is 0 Å². The number of benzene rings is 1. The SMILES string of the molecule is O=C(c1cccc(F)c1)N1CCN(c2ccc(-n3cncn3)nn2)CC1. The van der Waals surface area contributed by atoms with Gasteiger partial charge in [0.15, 0.2) is 11.6 Å². The highest BCUT2D eigenvalue weighted by molar-refractivity contribution is 5.94. The van der Waals surface area contributed by atoms with Crippen molar-refractivity contribution in [3.8, 4) is 5.82 Å². The normalized spacial score (nSPS) is 14.5. The molecule has 3 aromatic rings. The van der Waals surface area contributed by atoms with Gasteiger partial charge < -0.3 is 9.80 Å². The molecule has 0 bridgehead atoms. The summed E-state index contributed by atoms with van der Waals surface area (Å²) in [6.07, 6.45) is 2.99. The smallest absolute Gasteiger partial charge is 0.254 e. The Bertz CT molecular complexity index is 890. The van der Waals surface area contributed by atoms with Gasteiger partial charge in [0.25, 0.3) is 5.91 Å². The second-order valence-corrected chi connectivity index (χ2v) is 5.88. The average Bonchev–Trinajstić information content (AvgIpc) is 3.23. The number of nitrogens with zero attached hydrogens (tertiary/aromatic N) is 7. The fourth-order valence-electron chi connectivity index (χ4n) is 2.88. The minimum absolute atomic E-state index is 0.156. The number of carbonyl (C=O) groups excluding carboxylic acids is 1. The molecule has 8 nitrogen and oxygen atoms in total. The minimum Gasteiger partial charge on any atom is -0.352 e. The second-order valence-electron chi connectivity index (χ2n) is 5.88. The van der Waals surface area contributed by atoms with Crippen LogP contribution in [0.3, 0.4) is 0 Å². The molecule has 26 heavy (non-hydrogen) atoms. The molecular weight excluding hydrogens is 337 g/mol. The van der Waals surface area contributed by atoms with Crippen molar-refractivity contribution in [2.45, 2.75) is 0 Å². The van der Waals surface area contributed by atoms with Crippen LogP contribution in [-0.4, -0.2) is 61.9 Å². The highest BCUT2D eigenvalue weighted by atomic mass is 19.1. The fourth-order valence-corrected chi connectivity index (χ4v) is 2.88. The Balaban J connectivity index is 1.39. The Hall–Kier alpha value is -3.36. The first kappa shape index (κ1) is 16.1. The van der Waals surface area contributed by atoms with Crippen LogP contribution in [0.5, 0.6) is 0 Å². The van der Waals surface area contributed by atoms with Crippen molar-refractivity contribution in [2.24, 2.45) is 0 Å². The van der Waals surface area contributed by atoms with Gasteiger partial charge in [0.2, 0.25) is 0 Å². The number of aromatic nitrogens is 5. The predicted octanol–water partition coefficient (Wildman–Crippen LogP) is 1.16. The van der Waals surface area contributed by atoms with E-state index in [1.165, 1.54) is 23.1 Å². The van der Waals surface area contributed by atoms with Gasteiger partial charge in [-0.1, -0.05) is 6.07 Å². The Labute approximate surface area is 148 Å². The first-order valence-corrected chi connectivity index (χ1v) is 8.19. The molecular formula is C17H16FN7O. The van der Waals surface area contributed by atoms with Crippen LogP contribution < -0.4 is 4.90 Å². The van der Waals surface area contributed by atoms with Crippen molar-refractivity contribution in [1.29, 1.82) is 0 Å². The van der Waals surface area contributed by atoms with Crippen LogP contribution in [0.25, 0.3) is 5.82 Å². The Morgan fingerprint density at radius 1 is 1.00 bits per heavy atom. The number of amides is 1. The van der Waals surface area contributed by atoms with E-state index in [1.807, 2.05) is 12.1 Å². The number of halogens is 1. The molecule has 0 atom stereocenters. The zero-order chi connectivity index (χ0) is 17.9. The summed E-state index contributed by atoms with van der Waals surface area (Å²) in [4.78, 5) is 20.1. The molecule has 0 N–H and O–H groups in total. The molecule has 3 heterocycles. The maximum atomic E-state index is 13.3. The van der Waals surface area contributed by atoms with Crippen LogP contribution in [0.1, 0.15) is 10.4 Å². The third kappa shape index (κ3) is 3.23. The quantitative estimate of drug-likeness (QED) is 0.703. The van der Waals surface area contributed by atoms with Crippen LogP contribution >= 0.6 is 0 Å². The van der Waals surface area contributed by atoms with Crippen LogP contribution in [0.2, 0.25) is 0 Å². The van der Waals surface area contributed by atoms with Crippen LogP contribution in [0.15, 0.2) is 49.1 Å². The molecule has 1 aliphatic rings. The van der Waals surface area contributed by atoms with E-state index in [4.69, 9.17) is 0 Å². The Morgan fingerprint density at radius 3 is 2.42 bits per heavy atom. The minimum atomic E-state index is -0.405. The molecule has 0 unspecified atom stereocenters. The fraction of sp³-hybridized carbons (Fsp3) is 0.235. The summed E-state index contributed by atoms with van der Waals surface area (Å²) >= 11 is 0. The summed E-state index contributed by atoms with van der Waals surface area (Å²) in [5, 5.41) is 12.4. The summed E-state index contributed by atoms with van der Waals surface area (Å²) < 4.78 is 14.8. The Morgan fingerprint density at radius 2 is 1.77 bits per heavy atom. The second kappa shape index (κ2) is 6.87. The van der Waals surface area contributed by atoms with Crippen molar-refractivity contribution in [2.75, 3.05) is 31.1 Å². The van der Waals surface area contributed by atoms with Crippen LogP contribution in [0, 0.1) is 5.82 Å². The lowest BCUT2D eigenvalue weighted by atomic mass is 10.1. The molecule has 0 aliphatic carbocycles. The van der Waals surface area contributed by atoms with E-state index in [0.29, 0.717) is 37.6 Å². The van der Waals surface area contributed by atoms with Gasteiger partial charge >= 0.3 is 0 Å². The van der Waals surface area contributed by atoms with Crippen molar-refractivity contribution in [3.05, 3.63) is 60.4 Å². The molecule has 1 fully saturated rings. The van der Waals surface area contributed by atoms with Gasteiger partial charge in [-0.05, 0) is 30.3 Å². The third-order valence-corrected chi connectivity index (χ3v) is 4.25. The number of piperazine rings is 1. The lowest BCUT2D eigenvalue weighted by Crippen LogP contribution is -2.49. The maximum Gasteiger partial charge on any atom is 0.254 e. The Kier molecular flexibility index (Phi) is 4.26. The molecule has 1 amide bonds. The standard InChI is InChI=1S/C17H16FN7O/c18-14-3-1-2-13(10-14)17(26)24-8-6-23(7-9-24)15-4-5-16(22-21-15)25-12-19-11-20-25/h1-5,10-12H,6-9H2. The molecule has 2 aromatic heterocycles. The molecule has 1 saturated heterocycles. The van der Waals surface area contributed by atoms with Gasteiger partial charge in [0, 0.05) is 31.7 Å². The average molecular weight is 353 g/mol. The highest BCUT2D eigenvalue weighted by Crippen LogP contribution is 2.16. The summed E-state index contributed by atoms with van der Waals surface area (Å²) in [5.41, 5.74) is 0.371. The zero-order valence-corrected chi connectivity index (χ0v) is 13.9. The van der Waals surface area contributed by atoms with E-state index >= 15 is 0 Å². The number of carbonyl (C=O) groups is 1. The lowest BCUT2D eigenvalue weighted by Gasteiger charge is -2.35. The monoisotopic (exact) mass is 353 g/mol. The number of hydrogen-bond acceptors (Lipinski definition) is 6. The van der Waals surface area contributed by atoms with E-state index in [9.17, 15) is 9.18 Å². The predicted molar refractivity (Wildman–Crippen MR) is 91.5 cm³/mol. The topological polar surface area (TPSA) is 80.0 Å². The molecule has 0 saturated carbocycles. The first-order valence-electron chi connectivity index (χ1n) is 8.19. The third-order valence-electron chi connectivity index (χ3n) is 4.25. The van der Waals surface area contributed by atoms with Gasteiger partial charge in [-0.3, -0.25) is 4.79 Å². The molecule has 132 valence electrons. The number of anilines is 1. The van der Waals surface area contributed by atoms with E-state index < -0.39 is 5.82 Å². The summed E-state index contributed by atoms with van der Waals surface area (Å²) in [6.45, 7) is 2.36. The number of rotatable bonds is 3. The lowest BCUT2D eigenvalue weighted by molar-refractivity contribution is 0.0746. The van der Waals surface area contributed by atoms with Crippen LogP contribution in [0.4, 0.5) is 10.2 Å². The van der Waals surface area contributed by atoms with Crippen molar-refractivity contribution >= 4 is 11.7 Å². The first-order chi connectivity index (χ1) is 12.7. The largest absolute Gasteiger partial charge is 0.352 e. The number of hydrogen-bond donors (Lipinski definition) is 0. The van der Waals surface area contributed by atoms with Crippen molar-refractivity contribution in [3.63, 3.8) is 0 Å². The van der Waals surface area contributed by atoms with Gasteiger partial charge in [-0.15, -0.1) is 10.2 Å². The highest BCUT2D eigenvalue weighted by Gasteiger charge is 2.23. The molecule has 1 aliphatic heterocycles. The molecule has 1 aromatic carbocycles. The van der Waals surface area contributed by atoms with E-state index in [2.05, 4.69) is 25.2 Å². The summed E-state index contributed by atoms with van der Waals surface area (Å²) in [6, 6.07) is 9.46. The molecule has 0 spiro atoms. The van der Waals surface area contributed by atoms with Gasteiger partial charge in [-0.2, -0.15) is 5.10 Å². The molecule has 4 rings (SSSR count). The zero-order valence-electron chi connectivity index (χ0n) is 13.9. The summed E-state index contributed by atoms with van der Waals surface area (Å²) in [5.74, 6) is 0.770. The van der Waals surface area contributed by atoms with Crippen molar-refractivity contribution in [1.82, 2.24) is 29.9 Å². The summed E-state index contributed by atoms with van der Waals surface area (Å²) in [7, 11) is 0. The van der Waals surface area contributed by atoms with Gasteiger partial charge in [-0.25, -0.2) is 14.1 Å². The van der Waals surface area contributed by atoms with Gasteiger partial charge in [0.1, 0.15) is 18.5 Å². The maximum absolute atomic E-state index is 13.3. The van der Waals surface area contributed by atoms with E-state index in [0.717, 1.165) is 5.82 Å². The van der Waals surface area contributed by atoms with E-state index in [1.54, 1.807) is 23.4 Å². The molecule has 9 heteroatoms.